The van der Waals surface area contributed by atoms with E-state index in [1.54, 1.807) is 0 Å². The van der Waals surface area contributed by atoms with Crippen LogP contribution in [0.1, 0.15) is 24.4 Å². The predicted molar refractivity (Wildman–Crippen MR) is 76.2 cm³/mol. The number of nitrogens with one attached hydrogen (secondary N) is 1. The average molecular weight is 316 g/mol. The van der Waals surface area contributed by atoms with Crippen molar-refractivity contribution in [2.24, 2.45) is 5.73 Å². The lowest BCUT2D eigenvalue weighted by atomic mass is 10.1. The van der Waals surface area contributed by atoms with Gasteiger partial charge in [0.15, 0.2) is 0 Å². The van der Waals surface area contributed by atoms with E-state index in [1.807, 2.05) is 18.2 Å². The summed E-state index contributed by atoms with van der Waals surface area (Å²) in [5.74, 6) is 0. The zero-order valence-corrected chi connectivity index (χ0v) is 11.8. The molecule has 0 heterocycles. The van der Waals surface area contributed by atoms with Crippen LogP contribution in [-0.2, 0) is 0 Å². The summed E-state index contributed by atoms with van der Waals surface area (Å²) in [6.45, 7) is 0.565. The Morgan fingerprint density at radius 2 is 2.12 bits per heavy atom. The molecule has 0 amide bonds. The minimum atomic E-state index is 0.146. The fourth-order valence-electron chi connectivity index (χ4n) is 2.10. The molecule has 1 aromatic rings. The second-order valence-electron chi connectivity index (χ2n) is 4.26. The fourth-order valence-corrected chi connectivity index (χ4v) is 2.81. The molecule has 0 spiro atoms. The number of halogens is 2. The maximum Gasteiger partial charge on any atom is 0.0458 e. The van der Waals surface area contributed by atoms with Crippen LogP contribution in [0.5, 0.6) is 0 Å². The molecule has 92 valence electrons. The van der Waals surface area contributed by atoms with Crippen molar-refractivity contribution in [2.45, 2.75) is 24.9 Å². The SMILES string of the molecule is NCC(NC1CC=CC1)c1cc(Cl)ccc1Br. The average Bonchev–Trinajstić information content (AvgIpc) is 2.82. The molecule has 3 N–H and O–H groups in total. The van der Waals surface area contributed by atoms with Crippen LogP contribution in [0.3, 0.4) is 0 Å². The highest BCUT2D eigenvalue weighted by molar-refractivity contribution is 9.10. The molecule has 0 aliphatic heterocycles. The Kier molecular flexibility index (Phi) is 4.62. The van der Waals surface area contributed by atoms with E-state index >= 15 is 0 Å². The Labute approximate surface area is 115 Å². The molecule has 0 saturated heterocycles. The summed E-state index contributed by atoms with van der Waals surface area (Å²) in [7, 11) is 0. The lowest BCUT2D eigenvalue weighted by Gasteiger charge is -2.23. The number of rotatable bonds is 4. The van der Waals surface area contributed by atoms with E-state index in [-0.39, 0.29) is 6.04 Å². The van der Waals surface area contributed by atoms with E-state index in [0.717, 1.165) is 27.9 Å². The molecule has 1 aliphatic carbocycles. The molecular weight excluding hydrogens is 300 g/mol. The first kappa shape index (κ1) is 13.1. The quantitative estimate of drug-likeness (QED) is 0.836. The molecule has 1 aromatic carbocycles. The number of nitrogens with two attached hydrogens (primary N) is 1. The van der Waals surface area contributed by atoms with Gasteiger partial charge in [-0.15, -0.1) is 0 Å². The second-order valence-corrected chi connectivity index (χ2v) is 5.55. The van der Waals surface area contributed by atoms with Crippen LogP contribution in [0.25, 0.3) is 0 Å². The molecule has 17 heavy (non-hydrogen) atoms. The number of benzene rings is 1. The summed E-state index contributed by atoms with van der Waals surface area (Å²) < 4.78 is 1.05. The van der Waals surface area contributed by atoms with E-state index in [2.05, 4.69) is 33.4 Å². The third-order valence-corrected chi connectivity index (χ3v) is 3.97. The van der Waals surface area contributed by atoms with E-state index in [1.165, 1.54) is 0 Å². The summed E-state index contributed by atoms with van der Waals surface area (Å²) in [5.41, 5.74) is 6.99. The van der Waals surface area contributed by atoms with Crippen LogP contribution in [-0.4, -0.2) is 12.6 Å². The third-order valence-electron chi connectivity index (χ3n) is 3.01. The second kappa shape index (κ2) is 6.01. The van der Waals surface area contributed by atoms with Gasteiger partial charge in [-0.25, -0.2) is 0 Å². The largest absolute Gasteiger partial charge is 0.329 e. The number of hydrogen-bond donors (Lipinski definition) is 2. The molecule has 1 unspecified atom stereocenters. The third kappa shape index (κ3) is 3.32. The topological polar surface area (TPSA) is 38.0 Å². The zero-order valence-electron chi connectivity index (χ0n) is 9.50. The molecule has 2 nitrogen and oxygen atoms in total. The van der Waals surface area contributed by atoms with Crippen LogP contribution < -0.4 is 11.1 Å². The number of hydrogen-bond acceptors (Lipinski definition) is 2. The lowest BCUT2D eigenvalue weighted by Crippen LogP contribution is -2.35. The van der Waals surface area contributed by atoms with Crippen molar-refractivity contribution in [3.63, 3.8) is 0 Å². The van der Waals surface area contributed by atoms with Crippen molar-refractivity contribution in [1.82, 2.24) is 5.32 Å². The van der Waals surface area contributed by atoms with Crippen LogP contribution in [0.4, 0.5) is 0 Å². The standard InChI is InChI=1S/C13H16BrClN2/c14-12-6-5-9(15)7-11(12)13(8-16)17-10-3-1-2-4-10/h1-2,5-7,10,13,17H,3-4,8,16H2. The van der Waals surface area contributed by atoms with Crippen LogP contribution in [0.2, 0.25) is 5.02 Å². The van der Waals surface area contributed by atoms with E-state index in [0.29, 0.717) is 12.6 Å². The first-order valence-electron chi connectivity index (χ1n) is 5.76. The molecule has 2 rings (SSSR count). The van der Waals surface area contributed by atoms with Gasteiger partial charge >= 0.3 is 0 Å². The highest BCUT2D eigenvalue weighted by Gasteiger charge is 2.18. The van der Waals surface area contributed by atoms with Crippen LogP contribution >= 0.6 is 27.5 Å². The summed E-state index contributed by atoms with van der Waals surface area (Å²) in [5, 5.41) is 4.32. The Morgan fingerprint density at radius 3 is 2.76 bits per heavy atom. The Morgan fingerprint density at radius 1 is 1.41 bits per heavy atom. The monoisotopic (exact) mass is 314 g/mol. The summed E-state index contributed by atoms with van der Waals surface area (Å²) in [6.07, 6.45) is 6.57. The van der Waals surface area contributed by atoms with Gasteiger partial charge in [0.25, 0.3) is 0 Å². The zero-order chi connectivity index (χ0) is 12.3. The van der Waals surface area contributed by atoms with Gasteiger partial charge in [-0.2, -0.15) is 0 Å². The van der Waals surface area contributed by atoms with E-state index in [9.17, 15) is 0 Å². The van der Waals surface area contributed by atoms with Crippen LogP contribution in [0.15, 0.2) is 34.8 Å². The first-order valence-corrected chi connectivity index (χ1v) is 6.94. The Balaban J connectivity index is 2.13. The van der Waals surface area contributed by atoms with Gasteiger partial charge in [-0.05, 0) is 36.6 Å². The van der Waals surface area contributed by atoms with E-state index < -0.39 is 0 Å². The maximum absolute atomic E-state index is 6.03. The molecule has 0 bridgehead atoms. The summed E-state index contributed by atoms with van der Waals surface area (Å²) in [6, 6.07) is 6.45. The molecule has 1 atom stereocenters. The molecule has 4 heteroatoms. The minimum Gasteiger partial charge on any atom is -0.329 e. The van der Waals surface area contributed by atoms with Crippen molar-refractivity contribution in [2.75, 3.05) is 6.54 Å². The van der Waals surface area contributed by atoms with Gasteiger partial charge in [0.05, 0.1) is 0 Å². The fraction of sp³-hybridized carbons (Fsp3) is 0.385. The van der Waals surface area contributed by atoms with Gasteiger partial charge in [0, 0.05) is 28.1 Å². The Bertz CT molecular complexity index is 412. The molecule has 0 aromatic heterocycles. The molecule has 0 saturated carbocycles. The molecule has 0 radical (unpaired) electrons. The summed E-state index contributed by atoms with van der Waals surface area (Å²) in [4.78, 5) is 0. The van der Waals surface area contributed by atoms with Crippen LogP contribution in [0, 0.1) is 0 Å². The van der Waals surface area contributed by atoms with Gasteiger partial charge in [0.1, 0.15) is 0 Å². The Hall–Kier alpha value is -0.350. The first-order chi connectivity index (χ1) is 8.20. The van der Waals surface area contributed by atoms with Crippen molar-refractivity contribution < 1.29 is 0 Å². The maximum atomic E-state index is 6.03. The highest BCUT2D eigenvalue weighted by atomic mass is 79.9. The van der Waals surface area contributed by atoms with E-state index in [4.69, 9.17) is 17.3 Å². The smallest absolute Gasteiger partial charge is 0.0458 e. The van der Waals surface area contributed by atoms with Gasteiger partial charge in [-0.1, -0.05) is 39.7 Å². The lowest BCUT2D eigenvalue weighted by molar-refractivity contribution is 0.452. The molecular formula is C13H16BrClN2. The summed E-state index contributed by atoms with van der Waals surface area (Å²) >= 11 is 9.58. The van der Waals surface area contributed by atoms with Crippen molar-refractivity contribution in [1.29, 1.82) is 0 Å². The van der Waals surface area contributed by atoms with Crippen molar-refractivity contribution >= 4 is 27.5 Å². The minimum absolute atomic E-state index is 0.146. The van der Waals surface area contributed by atoms with Gasteiger partial charge < -0.3 is 11.1 Å². The normalized spacial score (nSPS) is 17.6. The molecule has 0 fully saturated rings. The van der Waals surface area contributed by atoms with Gasteiger partial charge in [-0.3, -0.25) is 0 Å². The van der Waals surface area contributed by atoms with Crippen molar-refractivity contribution in [3.05, 3.63) is 45.4 Å². The van der Waals surface area contributed by atoms with Crippen molar-refractivity contribution in [3.8, 4) is 0 Å². The highest BCUT2D eigenvalue weighted by Crippen LogP contribution is 2.27. The predicted octanol–water partition coefficient (Wildman–Crippen LogP) is 3.41. The molecule has 1 aliphatic rings. The van der Waals surface area contributed by atoms with Gasteiger partial charge in [0.2, 0.25) is 0 Å².